The van der Waals surface area contributed by atoms with Gasteiger partial charge in [0.05, 0.1) is 11.8 Å². The summed E-state index contributed by atoms with van der Waals surface area (Å²) in [4.78, 5) is 15.1. The molecule has 0 bridgehead atoms. The van der Waals surface area contributed by atoms with E-state index in [2.05, 4.69) is 10.4 Å². The lowest BCUT2D eigenvalue weighted by Gasteiger charge is -2.44. The van der Waals surface area contributed by atoms with Crippen molar-refractivity contribution in [1.29, 1.82) is 0 Å². The third-order valence-corrected chi connectivity index (χ3v) is 5.76. The summed E-state index contributed by atoms with van der Waals surface area (Å²) >= 11 is 0. The number of rotatable bonds is 3. The summed E-state index contributed by atoms with van der Waals surface area (Å²) in [6.07, 6.45) is 3.11. The Morgan fingerprint density at radius 1 is 1.39 bits per heavy atom. The molecule has 1 amide bonds. The molecule has 7 heteroatoms. The van der Waals surface area contributed by atoms with Crippen LogP contribution in [0, 0.1) is 6.92 Å². The van der Waals surface area contributed by atoms with E-state index in [0.717, 1.165) is 23.4 Å². The van der Waals surface area contributed by atoms with E-state index < -0.39 is 11.7 Å². The normalized spacial score (nSPS) is 20.6. The summed E-state index contributed by atoms with van der Waals surface area (Å²) in [5.74, 6) is 0.710. The van der Waals surface area contributed by atoms with Gasteiger partial charge in [0.1, 0.15) is 17.4 Å². The van der Waals surface area contributed by atoms with Crippen LogP contribution in [-0.2, 0) is 7.05 Å². The number of hydrogen-bond donors (Lipinski definition) is 2. The van der Waals surface area contributed by atoms with Gasteiger partial charge in [-0.1, -0.05) is 11.6 Å². The lowest BCUT2D eigenvalue weighted by Crippen LogP contribution is -2.51. The first-order chi connectivity index (χ1) is 13.4. The molecule has 0 saturated carbocycles. The maximum Gasteiger partial charge on any atom is 0.255 e. The van der Waals surface area contributed by atoms with Gasteiger partial charge in [-0.05, 0) is 26.0 Å². The highest BCUT2D eigenvalue weighted by molar-refractivity contribution is 6.00. The van der Waals surface area contributed by atoms with Crippen molar-refractivity contribution in [3.8, 4) is 5.75 Å². The number of carbonyl (C=O) groups is 1. The van der Waals surface area contributed by atoms with Crippen LogP contribution in [0.1, 0.15) is 53.9 Å². The van der Waals surface area contributed by atoms with E-state index in [1.165, 1.54) is 0 Å². The number of hydrogen-bond acceptors (Lipinski definition) is 5. The van der Waals surface area contributed by atoms with Crippen LogP contribution in [0.15, 0.2) is 24.4 Å². The van der Waals surface area contributed by atoms with Crippen LogP contribution in [-0.4, -0.2) is 50.9 Å². The van der Waals surface area contributed by atoms with Gasteiger partial charge in [-0.25, -0.2) is 0 Å². The van der Waals surface area contributed by atoms with Gasteiger partial charge in [0.25, 0.3) is 5.91 Å². The molecule has 1 aromatic carbocycles. The van der Waals surface area contributed by atoms with E-state index in [0.29, 0.717) is 43.8 Å². The highest BCUT2D eigenvalue weighted by Crippen LogP contribution is 2.43. The number of aliphatic hydroxyl groups is 1. The Balaban J connectivity index is 1.49. The lowest BCUT2D eigenvalue weighted by atomic mass is 9.83. The van der Waals surface area contributed by atoms with E-state index >= 15 is 0 Å². The van der Waals surface area contributed by atoms with Crippen LogP contribution in [0.2, 0.25) is 0 Å². The van der Waals surface area contributed by atoms with Gasteiger partial charge in [-0.2, -0.15) is 5.10 Å². The van der Waals surface area contributed by atoms with Crippen LogP contribution in [0.4, 0.5) is 5.69 Å². The molecule has 1 atom stereocenters. The van der Waals surface area contributed by atoms with Gasteiger partial charge >= 0.3 is 0 Å². The average Bonchev–Trinajstić information content (AvgIpc) is 3.04. The molecule has 1 aromatic heterocycles. The van der Waals surface area contributed by atoms with Crippen LogP contribution >= 0.6 is 0 Å². The molecule has 1 spiro atoms. The van der Waals surface area contributed by atoms with Crippen LogP contribution < -0.4 is 10.1 Å². The molecule has 4 rings (SSSR count). The minimum absolute atomic E-state index is 0.0490. The zero-order valence-electron chi connectivity index (χ0n) is 16.7. The second-order valence-corrected chi connectivity index (χ2v) is 7.93. The molecule has 0 aliphatic carbocycles. The number of nitrogens with one attached hydrogen (secondary N) is 1. The van der Waals surface area contributed by atoms with Crippen molar-refractivity contribution in [3.05, 3.63) is 41.2 Å². The Morgan fingerprint density at radius 2 is 2.14 bits per heavy atom. The average molecular weight is 384 g/mol. The number of aromatic nitrogens is 2. The first kappa shape index (κ1) is 18.8. The molecule has 28 heavy (non-hydrogen) atoms. The fourth-order valence-corrected chi connectivity index (χ4v) is 4.29. The summed E-state index contributed by atoms with van der Waals surface area (Å²) in [6, 6.07) is 5.94. The van der Waals surface area contributed by atoms with E-state index in [-0.39, 0.29) is 5.91 Å². The molecular weight excluding hydrogens is 356 g/mol. The molecule has 1 unspecified atom stereocenters. The Labute approximate surface area is 165 Å². The first-order valence-electron chi connectivity index (χ1n) is 9.95. The number of likely N-dealkylation sites (tertiary alicyclic amines) is 1. The number of nitrogens with zero attached hydrogens (tertiary/aromatic N) is 3. The van der Waals surface area contributed by atoms with Gasteiger partial charge < -0.3 is 20.1 Å². The highest BCUT2D eigenvalue weighted by atomic mass is 16.5. The molecule has 2 aromatic rings. The number of ether oxygens (including phenoxy) is 1. The second kappa shape index (κ2) is 7.13. The maximum absolute atomic E-state index is 13.2. The zero-order valence-corrected chi connectivity index (χ0v) is 16.7. The van der Waals surface area contributed by atoms with Crippen LogP contribution in [0.25, 0.3) is 0 Å². The third-order valence-electron chi connectivity index (χ3n) is 5.76. The van der Waals surface area contributed by atoms with Gasteiger partial charge in [-0.3, -0.25) is 9.48 Å². The molecule has 0 radical (unpaired) electrons. The molecular formula is C21H28N4O3. The van der Waals surface area contributed by atoms with E-state index in [1.807, 2.05) is 50.2 Å². The van der Waals surface area contributed by atoms with Crippen molar-refractivity contribution in [1.82, 2.24) is 14.7 Å². The number of fused-ring (bicyclic) bond motifs is 1. The van der Waals surface area contributed by atoms with Crippen LogP contribution in [0.5, 0.6) is 5.75 Å². The third kappa shape index (κ3) is 3.35. The van der Waals surface area contributed by atoms with Gasteiger partial charge in [-0.15, -0.1) is 0 Å². The number of piperidine rings is 1. The van der Waals surface area contributed by atoms with Crippen molar-refractivity contribution >= 4 is 11.6 Å². The highest BCUT2D eigenvalue weighted by Gasteiger charge is 2.45. The monoisotopic (exact) mass is 384 g/mol. The van der Waals surface area contributed by atoms with Gasteiger partial charge in [0.15, 0.2) is 5.75 Å². The van der Waals surface area contributed by atoms with Crippen molar-refractivity contribution in [2.45, 2.75) is 44.8 Å². The van der Waals surface area contributed by atoms with Gasteiger partial charge in [0, 0.05) is 51.6 Å². The predicted molar refractivity (Wildman–Crippen MR) is 107 cm³/mol. The fourth-order valence-electron chi connectivity index (χ4n) is 4.29. The Kier molecular flexibility index (Phi) is 4.79. The fraction of sp³-hybridized carbons (Fsp3) is 0.524. The molecule has 1 saturated heterocycles. The maximum atomic E-state index is 13.2. The van der Waals surface area contributed by atoms with Crippen molar-refractivity contribution < 1.29 is 14.6 Å². The minimum atomic E-state index is -0.621. The molecule has 150 valence electrons. The van der Waals surface area contributed by atoms with Gasteiger partial charge in [0.2, 0.25) is 0 Å². The topological polar surface area (TPSA) is 79.6 Å². The second-order valence-electron chi connectivity index (χ2n) is 7.93. The minimum Gasteiger partial charge on any atom is -0.483 e. The number of benzene rings is 1. The largest absolute Gasteiger partial charge is 0.483 e. The Morgan fingerprint density at radius 3 is 2.86 bits per heavy atom. The van der Waals surface area contributed by atoms with Crippen molar-refractivity contribution in [3.63, 3.8) is 0 Å². The summed E-state index contributed by atoms with van der Waals surface area (Å²) in [5, 5.41) is 18.1. The smallest absolute Gasteiger partial charge is 0.255 e. The molecule has 1 fully saturated rings. The lowest BCUT2D eigenvalue weighted by molar-refractivity contribution is -0.0504. The number of carbonyl (C=O) groups excluding carboxylic acids is 1. The molecule has 3 heterocycles. The molecule has 7 nitrogen and oxygen atoms in total. The Bertz CT molecular complexity index is 884. The number of amides is 1. The molecule has 2 aliphatic rings. The standard InChI is InChI=1S/C21H28N4O3/c1-4-22-16-6-5-14(2)11-15(16)20(27)25-9-7-21(8-10-25)12-17(26)19-18(28-21)13-24(3)23-19/h5-6,11,13,17,22,26H,4,7-10,12H2,1-3H3. The summed E-state index contributed by atoms with van der Waals surface area (Å²) in [6.45, 7) is 6.02. The van der Waals surface area contributed by atoms with Crippen molar-refractivity contribution in [2.24, 2.45) is 7.05 Å². The van der Waals surface area contributed by atoms with E-state index in [9.17, 15) is 9.90 Å². The molecule has 2 aliphatic heterocycles. The number of anilines is 1. The van der Waals surface area contributed by atoms with Crippen molar-refractivity contribution in [2.75, 3.05) is 25.0 Å². The summed E-state index contributed by atoms with van der Waals surface area (Å²) in [5.41, 5.74) is 2.85. The molecule has 2 N–H and O–H groups in total. The summed E-state index contributed by atoms with van der Waals surface area (Å²) < 4.78 is 7.95. The quantitative estimate of drug-likeness (QED) is 0.851. The Hall–Kier alpha value is -2.54. The SMILES string of the molecule is CCNc1ccc(C)cc1C(=O)N1CCC2(CC1)CC(O)c1nn(C)cc1O2. The number of aryl methyl sites for hydroxylation is 2. The summed E-state index contributed by atoms with van der Waals surface area (Å²) in [7, 11) is 1.83. The zero-order chi connectivity index (χ0) is 19.9. The van der Waals surface area contributed by atoms with E-state index in [1.54, 1.807) is 4.68 Å². The van der Waals surface area contributed by atoms with E-state index in [4.69, 9.17) is 4.74 Å². The van der Waals surface area contributed by atoms with Crippen LogP contribution in [0.3, 0.4) is 0 Å². The first-order valence-corrected chi connectivity index (χ1v) is 9.95. The number of aliphatic hydroxyl groups excluding tert-OH is 1. The predicted octanol–water partition coefficient (Wildman–Crippen LogP) is 2.65.